The molecule has 6 nitrogen and oxygen atoms in total. The summed E-state index contributed by atoms with van der Waals surface area (Å²) in [7, 11) is 3.07. The highest BCUT2D eigenvalue weighted by Gasteiger charge is 2.19. The number of para-hydroxylation sites is 1. The highest BCUT2D eigenvalue weighted by molar-refractivity contribution is 6.32. The molecule has 0 aliphatic rings. The molecule has 2 rings (SSSR count). The first-order valence-corrected chi connectivity index (χ1v) is 8.74. The summed E-state index contributed by atoms with van der Waals surface area (Å²) in [5.74, 6) is -0.366. The molecule has 1 amide bonds. The Bertz CT molecular complexity index is 808. The topological polar surface area (TPSA) is 65.1 Å². The minimum absolute atomic E-state index is 0.111. The molecule has 27 heavy (non-hydrogen) atoms. The van der Waals surface area contributed by atoms with E-state index in [1.807, 2.05) is 32.0 Å². The van der Waals surface area contributed by atoms with Gasteiger partial charge in [-0.15, -0.1) is 0 Å². The number of rotatable bonds is 7. The van der Waals surface area contributed by atoms with E-state index in [2.05, 4.69) is 0 Å². The Hall–Kier alpha value is -2.73. The monoisotopic (exact) mass is 391 g/mol. The Labute approximate surface area is 163 Å². The van der Waals surface area contributed by atoms with Gasteiger partial charge in [-0.05, 0) is 38.1 Å². The number of carbonyl (C=O) groups is 2. The number of amides is 1. The van der Waals surface area contributed by atoms with Gasteiger partial charge in [0.25, 0.3) is 5.91 Å². The zero-order valence-electron chi connectivity index (χ0n) is 15.7. The molecule has 0 heterocycles. The van der Waals surface area contributed by atoms with Crippen molar-refractivity contribution in [3.8, 4) is 11.5 Å². The molecule has 0 saturated heterocycles. The summed E-state index contributed by atoms with van der Waals surface area (Å²) in [6.07, 6.45) is -0.111. The maximum atomic E-state index is 12.3. The minimum atomic E-state index is -0.680. The zero-order valence-corrected chi connectivity index (χ0v) is 16.4. The van der Waals surface area contributed by atoms with Crippen LogP contribution in [0.15, 0.2) is 42.5 Å². The van der Waals surface area contributed by atoms with Crippen LogP contribution in [0.5, 0.6) is 11.5 Å². The van der Waals surface area contributed by atoms with Crippen molar-refractivity contribution in [2.45, 2.75) is 20.0 Å². The lowest BCUT2D eigenvalue weighted by atomic mass is 10.2. The summed E-state index contributed by atoms with van der Waals surface area (Å²) >= 11 is 6.21. The second-order valence-electron chi connectivity index (χ2n) is 6.02. The number of likely N-dealkylation sites (N-methyl/N-ethyl adjacent to an activating group) is 1. The summed E-state index contributed by atoms with van der Waals surface area (Å²) in [6, 6.07) is 12.0. The Morgan fingerprint density at radius 2 is 1.81 bits per heavy atom. The predicted octanol–water partition coefficient (Wildman–Crippen LogP) is 3.96. The van der Waals surface area contributed by atoms with E-state index in [1.165, 1.54) is 24.1 Å². The fourth-order valence-corrected chi connectivity index (χ4v) is 2.55. The maximum Gasteiger partial charge on any atom is 0.338 e. The molecule has 0 spiro atoms. The molecule has 0 fully saturated rings. The summed E-state index contributed by atoms with van der Waals surface area (Å²) in [6.45, 7) is 3.31. The van der Waals surface area contributed by atoms with Crippen molar-refractivity contribution in [2.24, 2.45) is 0 Å². The van der Waals surface area contributed by atoms with Gasteiger partial charge in [0, 0.05) is 12.7 Å². The predicted molar refractivity (Wildman–Crippen MR) is 104 cm³/mol. The highest BCUT2D eigenvalue weighted by atomic mass is 35.5. The van der Waals surface area contributed by atoms with Gasteiger partial charge in [-0.25, -0.2) is 4.79 Å². The van der Waals surface area contributed by atoms with Crippen LogP contribution in [0.25, 0.3) is 0 Å². The molecule has 0 aliphatic heterocycles. The van der Waals surface area contributed by atoms with Gasteiger partial charge in [0.15, 0.2) is 18.1 Å². The van der Waals surface area contributed by atoms with Crippen LogP contribution in [0.4, 0.5) is 5.69 Å². The summed E-state index contributed by atoms with van der Waals surface area (Å²) in [5.41, 5.74) is 0.876. The van der Waals surface area contributed by atoms with Gasteiger partial charge in [0.1, 0.15) is 0 Å². The van der Waals surface area contributed by atoms with Crippen molar-refractivity contribution in [1.82, 2.24) is 0 Å². The van der Waals surface area contributed by atoms with Crippen LogP contribution < -0.4 is 14.4 Å². The number of benzene rings is 2. The SMILES string of the molecule is COc1cc(C(=O)OCC(=O)N(C)c2ccccc2)cc(Cl)c1OC(C)C. The van der Waals surface area contributed by atoms with E-state index in [4.69, 9.17) is 25.8 Å². The van der Waals surface area contributed by atoms with E-state index in [9.17, 15) is 9.59 Å². The quantitative estimate of drug-likeness (QED) is 0.668. The minimum Gasteiger partial charge on any atom is -0.493 e. The van der Waals surface area contributed by atoms with E-state index < -0.39 is 12.6 Å². The number of carbonyl (C=O) groups excluding carboxylic acids is 2. The Balaban J connectivity index is 2.07. The van der Waals surface area contributed by atoms with Crippen molar-refractivity contribution >= 4 is 29.2 Å². The number of ether oxygens (including phenoxy) is 3. The number of halogens is 1. The normalized spacial score (nSPS) is 10.4. The molecule has 0 atom stereocenters. The van der Waals surface area contributed by atoms with Crippen molar-refractivity contribution in [2.75, 3.05) is 25.7 Å². The third-order valence-corrected chi connectivity index (χ3v) is 3.94. The fraction of sp³-hybridized carbons (Fsp3) is 0.300. The third-order valence-electron chi connectivity index (χ3n) is 3.66. The first-order chi connectivity index (χ1) is 12.8. The molecule has 0 N–H and O–H groups in total. The van der Waals surface area contributed by atoms with Gasteiger partial charge >= 0.3 is 5.97 Å². The number of hydrogen-bond donors (Lipinski definition) is 0. The summed E-state index contributed by atoms with van der Waals surface area (Å²) in [4.78, 5) is 26.0. The van der Waals surface area contributed by atoms with Crippen LogP contribution in [0.1, 0.15) is 24.2 Å². The van der Waals surface area contributed by atoms with Gasteiger partial charge in [-0.1, -0.05) is 29.8 Å². The van der Waals surface area contributed by atoms with Crippen molar-refractivity contribution < 1.29 is 23.8 Å². The highest BCUT2D eigenvalue weighted by Crippen LogP contribution is 2.37. The molecule has 7 heteroatoms. The number of anilines is 1. The molecular formula is C20H22ClNO5. The van der Waals surface area contributed by atoms with Crippen LogP contribution in [-0.4, -0.2) is 38.7 Å². The van der Waals surface area contributed by atoms with E-state index in [0.29, 0.717) is 17.2 Å². The average molecular weight is 392 g/mol. The number of methoxy groups -OCH3 is 1. The maximum absolute atomic E-state index is 12.3. The molecule has 0 radical (unpaired) electrons. The standard InChI is InChI=1S/C20H22ClNO5/c1-13(2)27-19-16(21)10-14(11-17(19)25-4)20(24)26-12-18(23)22(3)15-8-6-5-7-9-15/h5-11,13H,12H2,1-4H3. The largest absolute Gasteiger partial charge is 0.493 e. The smallest absolute Gasteiger partial charge is 0.338 e. The van der Waals surface area contributed by atoms with E-state index in [-0.39, 0.29) is 22.6 Å². The van der Waals surface area contributed by atoms with E-state index in [1.54, 1.807) is 19.2 Å². The first-order valence-electron chi connectivity index (χ1n) is 8.36. The molecule has 2 aromatic carbocycles. The Morgan fingerprint density at radius 1 is 1.15 bits per heavy atom. The van der Waals surface area contributed by atoms with Gasteiger partial charge in [0.2, 0.25) is 0 Å². The van der Waals surface area contributed by atoms with Crippen molar-refractivity contribution in [3.63, 3.8) is 0 Å². The summed E-state index contributed by atoms with van der Waals surface area (Å²) < 4.78 is 16.0. The van der Waals surface area contributed by atoms with Crippen LogP contribution in [0.3, 0.4) is 0 Å². The fourth-order valence-electron chi connectivity index (χ4n) is 2.29. The van der Waals surface area contributed by atoms with Gasteiger partial charge in [-0.3, -0.25) is 4.79 Å². The molecule has 0 unspecified atom stereocenters. The lowest BCUT2D eigenvalue weighted by Gasteiger charge is -2.18. The molecule has 0 bridgehead atoms. The average Bonchev–Trinajstić information content (AvgIpc) is 2.66. The molecule has 144 valence electrons. The van der Waals surface area contributed by atoms with Crippen LogP contribution in [-0.2, 0) is 9.53 Å². The van der Waals surface area contributed by atoms with Crippen molar-refractivity contribution in [3.05, 3.63) is 53.1 Å². The van der Waals surface area contributed by atoms with Gasteiger partial charge in [0.05, 0.1) is 23.8 Å². The molecule has 0 aliphatic carbocycles. The number of nitrogens with zero attached hydrogens (tertiary/aromatic N) is 1. The van der Waals surface area contributed by atoms with Crippen LogP contribution >= 0.6 is 11.6 Å². The number of esters is 1. The molecular weight excluding hydrogens is 370 g/mol. The molecule has 2 aromatic rings. The van der Waals surface area contributed by atoms with Crippen LogP contribution in [0, 0.1) is 0 Å². The van der Waals surface area contributed by atoms with E-state index in [0.717, 1.165) is 0 Å². The van der Waals surface area contributed by atoms with Gasteiger partial charge < -0.3 is 19.1 Å². The Kier molecular flexibility index (Phi) is 7.07. The van der Waals surface area contributed by atoms with Gasteiger partial charge in [-0.2, -0.15) is 0 Å². The molecule has 0 aromatic heterocycles. The van der Waals surface area contributed by atoms with Crippen LogP contribution in [0.2, 0.25) is 5.02 Å². The zero-order chi connectivity index (χ0) is 20.0. The second-order valence-corrected chi connectivity index (χ2v) is 6.43. The van der Waals surface area contributed by atoms with E-state index >= 15 is 0 Å². The lowest BCUT2D eigenvalue weighted by Crippen LogP contribution is -2.31. The third kappa shape index (κ3) is 5.37. The summed E-state index contributed by atoms with van der Waals surface area (Å²) in [5, 5.41) is 0.225. The molecule has 0 saturated carbocycles. The number of hydrogen-bond acceptors (Lipinski definition) is 5. The first kappa shape index (κ1) is 20.6. The lowest BCUT2D eigenvalue weighted by molar-refractivity contribution is -0.121. The van der Waals surface area contributed by atoms with Crippen molar-refractivity contribution in [1.29, 1.82) is 0 Å². The second kappa shape index (κ2) is 9.28. The Morgan fingerprint density at radius 3 is 2.41 bits per heavy atom.